The Morgan fingerprint density at radius 3 is 2.06 bits per heavy atom. The molecule has 1 atom stereocenters. The Morgan fingerprint density at radius 1 is 1.00 bits per heavy atom. The predicted octanol–water partition coefficient (Wildman–Crippen LogP) is 4.58. The molecule has 0 spiro atoms. The third-order valence-corrected chi connectivity index (χ3v) is 3.26. The fourth-order valence-corrected chi connectivity index (χ4v) is 2.37. The van der Waals surface area contributed by atoms with Crippen molar-refractivity contribution in [1.29, 1.82) is 0 Å². The van der Waals surface area contributed by atoms with Crippen LogP contribution in [0.5, 0.6) is 0 Å². The minimum Gasteiger partial charge on any atom is -0.310 e. The molecule has 1 unspecified atom stereocenters. The molecule has 1 aromatic carbocycles. The topological polar surface area (TPSA) is 12.0 Å². The van der Waals surface area contributed by atoms with Gasteiger partial charge in [0.05, 0.1) is 0 Å². The van der Waals surface area contributed by atoms with Gasteiger partial charge in [0.25, 0.3) is 0 Å². The molecule has 0 amide bonds. The monoisotopic (exact) mass is 247 g/mol. The van der Waals surface area contributed by atoms with E-state index in [4.69, 9.17) is 0 Å². The molecule has 0 heterocycles. The lowest BCUT2D eigenvalue weighted by atomic mass is 9.93. The van der Waals surface area contributed by atoms with Crippen molar-refractivity contribution < 1.29 is 0 Å². The quantitative estimate of drug-likeness (QED) is 0.743. The number of hydrogen-bond donors (Lipinski definition) is 1. The summed E-state index contributed by atoms with van der Waals surface area (Å²) in [6.45, 7) is 12.4. The lowest BCUT2D eigenvalue weighted by Crippen LogP contribution is -2.26. The molecule has 1 heteroatoms. The first-order valence-corrected chi connectivity index (χ1v) is 7.36. The van der Waals surface area contributed by atoms with Crippen LogP contribution in [0.2, 0.25) is 0 Å². The van der Waals surface area contributed by atoms with Crippen LogP contribution in [0.4, 0.5) is 0 Å². The molecule has 1 aromatic rings. The highest BCUT2D eigenvalue weighted by Gasteiger charge is 2.14. The molecule has 1 N–H and O–H groups in total. The van der Waals surface area contributed by atoms with Crippen LogP contribution < -0.4 is 5.32 Å². The summed E-state index contributed by atoms with van der Waals surface area (Å²) in [6.07, 6.45) is 2.36. The van der Waals surface area contributed by atoms with E-state index in [2.05, 4.69) is 64.2 Å². The van der Waals surface area contributed by atoms with Gasteiger partial charge in [0, 0.05) is 6.04 Å². The zero-order valence-corrected chi connectivity index (χ0v) is 12.7. The highest BCUT2D eigenvalue weighted by atomic mass is 14.9. The summed E-state index contributed by atoms with van der Waals surface area (Å²) >= 11 is 0. The van der Waals surface area contributed by atoms with E-state index >= 15 is 0 Å². The van der Waals surface area contributed by atoms with Gasteiger partial charge < -0.3 is 5.32 Å². The highest BCUT2D eigenvalue weighted by molar-refractivity contribution is 5.25. The Balaban J connectivity index is 2.73. The zero-order valence-electron chi connectivity index (χ0n) is 12.7. The van der Waals surface area contributed by atoms with Crippen LogP contribution in [0.25, 0.3) is 0 Å². The van der Waals surface area contributed by atoms with E-state index in [1.54, 1.807) is 0 Å². The van der Waals surface area contributed by atoms with Crippen LogP contribution in [0.1, 0.15) is 58.2 Å². The number of nitrogens with one attached hydrogen (secondary N) is 1. The Morgan fingerprint density at radius 2 is 1.61 bits per heavy atom. The predicted molar refractivity (Wildman–Crippen MR) is 80.9 cm³/mol. The SMILES string of the molecule is CCCNC(c1ccc(CC(C)C)cc1)C(C)C. The van der Waals surface area contributed by atoms with Crippen molar-refractivity contribution in [3.63, 3.8) is 0 Å². The summed E-state index contributed by atoms with van der Waals surface area (Å²) in [5, 5.41) is 3.65. The average molecular weight is 247 g/mol. The summed E-state index contributed by atoms with van der Waals surface area (Å²) < 4.78 is 0. The zero-order chi connectivity index (χ0) is 13.5. The molecule has 0 aliphatic carbocycles. The second-order valence-electron chi connectivity index (χ2n) is 6.02. The molecule has 102 valence electrons. The standard InChI is InChI=1S/C17H29N/c1-6-11-18-17(14(4)5)16-9-7-15(8-10-16)12-13(2)3/h7-10,13-14,17-18H,6,11-12H2,1-5H3. The largest absolute Gasteiger partial charge is 0.310 e. The van der Waals surface area contributed by atoms with Crippen LogP contribution in [0, 0.1) is 11.8 Å². The fraction of sp³-hybridized carbons (Fsp3) is 0.647. The van der Waals surface area contributed by atoms with Crippen LogP contribution in [-0.2, 0) is 6.42 Å². The summed E-state index contributed by atoms with van der Waals surface area (Å²) in [5.74, 6) is 1.36. The van der Waals surface area contributed by atoms with Gasteiger partial charge in [-0.3, -0.25) is 0 Å². The van der Waals surface area contributed by atoms with Gasteiger partial charge in [0.15, 0.2) is 0 Å². The molecule has 0 aliphatic heterocycles. The van der Waals surface area contributed by atoms with Gasteiger partial charge in [0.1, 0.15) is 0 Å². The number of hydrogen-bond acceptors (Lipinski definition) is 1. The van der Waals surface area contributed by atoms with Crippen molar-refractivity contribution in [3.8, 4) is 0 Å². The lowest BCUT2D eigenvalue weighted by molar-refractivity contribution is 0.412. The van der Waals surface area contributed by atoms with E-state index in [-0.39, 0.29) is 0 Å². The molecule has 18 heavy (non-hydrogen) atoms. The molecule has 0 fully saturated rings. The normalized spacial score (nSPS) is 13.3. The van der Waals surface area contributed by atoms with Crippen molar-refractivity contribution in [2.75, 3.05) is 6.54 Å². The molecule has 1 rings (SSSR count). The first-order valence-electron chi connectivity index (χ1n) is 7.36. The third kappa shape index (κ3) is 4.81. The van der Waals surface area contributed by atoms with Gasteiger partial charge in [-0.2, -0.15) is 0 Å². The van der Waals surface area contributed by atoms with E-state index in [1.807, 2.05) is 0 Å². The van der Waals surface area contributed by atoms with E-state index in [0.717, 1.165) is 12.5 Å². The second-order valence-corrected chi connectivity index (χ2v) is 6.02. The van der Waals surface area contributed by atoms with Crippen molar-refractivity contribution in [3.05, 3.63) is 35.4 Å². The van der Waals surface area contributed by atoms with Gasteiger partial charge in [-0.1, -0.05) is 58.9 Å². The summed E-state index contributed by atoms with van der Waals surface area (Å²) in [7, 11) is 0. The summed E-state index contributed by atoms with van der Waals surface area (Å²) in [6, 6.07) is 9.66. The molecular weight excluding hydrogens is 218 g/mol. The van der Waals surface area contributed by atoms with Gasteiger partial charge >= 0.3 is 0 Å². The van der Waals surface area contributed by atoms with Crippen molar-refractivity contribution in [2.45, 2.75) is 53.5 Å². The van der Waals surface area contributed by atoms with Gasteiger partial charge in [-0.25, -0.2) is 0 Å². The summed E-state index contributed by atoms with van der Waals surface area (Å²) in [4.78, 5) is 0. The first-order chi connectivity index (χ1) is 8.54. The van der Waals surface area contributed by atoms with E-state index in [9.17, 15) is 0 Å². The van der Waals surface area contributed by atoms with E-state index in [0.29, 0.717) is 12.0 Å². The van der Waals surface area contributed by atoms with Crippen LogP contribution in [0.15, 0.2) is 24.3 Å². The third-order valence-electron chi connectivity index (χ3n) is 3.26. The van der Waals surface area contributed by atoms with E-state index in [1.165, 1.54) is 24.0 Å². The lowest BCUT2D eigenvalue weighted by Gasteiger charge is -2.23. The van der Waals surface area contributed by atoms with Crippen molar-refractivity contribution >= 4 is 0 Å². The van der Waals surface area contributed by atoms with Crippen molar-refractivity contribution in [2.24, 2.45) is 11.8 Å². The molecule has 0 aromatic heterocycles. The van der Waals surface area contributed by atoms with Crippen LogP contribution in [0.3, 0.4) is 0 Å². The Bertz CT molecular complexity index is 324. The minimum atomic E-state index is 0.484. The van der Waals surface area contributed by atoms with Gasteiger partial charge in [-0.05, 0) is 42.3 Å². The molecule has 0 saturated heterocycles. The average Bonchev–Trinajstić information content (AvgIpc) is 2.30. The highest BCUT2D eigenvalue weighted by Crippen LogP contribution is 2.22. The molecule has 0 bridgehead atoms. The van der Waals surface area contributed by atoms with Gasteiger partial charge in [-0.15, -0.1) is 0 Å². The van der Waals surface area contributed by atoms with E-state index < -0.39 is 0 Å². The maximum absolute atomic E-state index is 3.65. The second kappa shape index (κ2) is 7.58. The minimum absolute atomic E-state index is 0.484. The molecular formula is C17H29N. The smallest absolute Gasteiger partial charge is 0.0343 e. The maximum atomic E-state index is 3.65. The summed E-state index contributed by atoms with van der Waals surface area (Å²) in [5.41, 5.74) is 2.87. The van der Waals surface area contributed by atoms with Crippen LogP contribution in [-0.4, -0.2) is 6.54 Å². The van der Waals surface area contributed by atoms with Crippen molar-refractivity contribution in [1.82, 2.24) is 5.32 Å². The molecule has 0 saturated carbocycles. The van der Waals surface area contributed by atoms with Gasteiger partial charge in [0.2, 0.25) is 0 Å². The maximum Gasteiger partial charge on any atom is 0.0343 e. The molecule has 1 nitrogen and oxygen atoms in total. The number of rotatable bonds is 7. The van der Waals surface area contributed by atoms with Crippen LogP contribution >= 0.6 is 0 Å². The first kappa shape index (κ1) is 15.2. The number of benzene rings is 1. The molecule has 0 aliphatic rings. The molecule has 0 radical (unpaired) electrons. The Kier molecular flexibility index (Phi) is 6.42. The fourth-order valence-electron chi connectivity index (χ4n) is 2.37. The Hall–Kier alpha value is -0.820. The Labute approximate surface area is 113 Å².